The zero-order valence-electron chi connectivity index (χ0n) is 6.78. The Morgan fingerprint density at radius 2 is 2.42 bits per heavy atom. The monoisotopic (exact) mass is 179 g/mol. The number of hydrogen-bond donors (Lipinski definition) is 0. The van der Waals surface area contributed by atoms with Gasteiger partial charge in [0.25, 0.3) is 0 Å². The van der Waals surface area contributed by atoms with Crippen LogP contribution in [-0.4, -0.2) is 11.0 Å². The second-order valence-corrected chi connectivity index (χ2v) is 3.29. The van der Waals surface area contributed by atoms with E-state index in [1.54, 1.807) is 0 Å². The summed E-state index contributed by atoms with van der Waals surface area (Å²) in [4.78, 5) is 0. The largest absolute Gasteiger partial charge is 0.494 e. The molecule has 0 fully saturated rings. The summed E-state index contributed by atoms with van der Waals surface area (Å²) in [6.07, 6.45) is 1.87. The lowest BCUT2D eigenvalue weighted by Crippen LogP contribution is -1.89. The first-order valence-corrected chi connectivity index (χ1v) is 4.64. The predicted molar refractivity (Wildman–Crippen MR) is 50.8 cm³/mol. The van der Waals surface area contributed by atoms with Crippen LogP contribution >= 0.6 is 11.5 Å². The first-order chi connectivity index (χ1) is 5.90. The van der Waals surface area contributed by atoms with Crippen molar-refractivity contribution < 1.29 is 4.74 Å². The molecule has 1 heterocycles. The molecule has 0 unspecified atom stereocenters. The van der Waals surface area contributed by atoms with Crippen molar-refractivity contribution in [3.8, 4) is 5.75 Å². The molecule has 3 heteroatoms. The SMILES string of the molecule is CCOc1ccc2cnsc2c1. The number of benzene rings is 1. The first kappa shape index (κ1) is 7.55. The molecule has 0 aliphatic rings. The van der Waals surface area contributed by atoms with E-state index < -0.39 is 0 Å². The Labute approximate surface area is 75.0 Å². The molecule has 2 rings (SSSR count). The minimum atomic E-state index is 0.713. The molecule has 2 nitrogen and oxygen atoms in total. The van der Waals surface area contributed by atoms with Crippen LogP contribution in [0.2, 0.25) is 0 Å². The summed E-state index contributed by atoms with van der Waals surface area (Å²) < 4.78 is 10.6. The van der Waals surface area contributed by atoms with Gasteiger partial charge in [-0.1, -0.05) is 0 Å². The molecule has 62 valence electrons. The van der Waals surface area contributed by atoms with Crippen LogP contribution in [0.5, 0.6) is 5.75 Å². The Bertz CT molecular complexity index is 383. The molecule has 1 aromatic heterocycles. The maximum Gasteiger partial charge on any atom is 0.120 e. The van der Waals surface area contributed by atoms with Gasteiger partial charge in [0.2, 0.25) is 0 Å². The van der Waals surface area contributed by atoms with Crippen LogP contribution in [0.25, 0.3) is 10.1 Å². The van der Waals surface area contributed by atoms with Crippen LogP contribution in [0.4, 0.5) is 0 Å². The molecule has 0 spiro atoms. The van der Waals surface area contributed by atoms with Gasteiger partial charge in [-0.15, -0.1) is 0 Å². The number of fused-ring (bicyclic) bond motifs is 1. The number of ether oxygens (including phenoxy) is 1. The lowest BCUT2D eigenvalue weighted by molar-refractivity contribution is 0.341. The predicted octanol–water partition coefficient (Wildman–Crippen LogP) is 2.70. The molecule has 12 heavy (non-hydrogen) atoms. The fourth-order valence-electron chi connectivity index (χ4n) is 1.10. The normalized spacial score (nSPS) is 10.4. The summed E-state index contributed by atoms with van der Waals surface area (Å²) in [6, 6.07) is 6.03. The Hall–Kier alpha value is -1.09. The molecule has 2 aromatic rings. The van der Waals surface area contributed by atoms with Crippen LogP contribution in [0.3, 0.4) is 0 Å². The molecule has 0 aliphatic heterocycles. The highest BCUT2D eigenvalue weighted by atomic mass is 32.1. The number of nitrogens with zero attached hydrogens (tertiary/aromatic N) is 1. The molecule has 0 atom stereocenters. The second kappa shape index (κ2) is 3.11. The number of aromatic nitrogens is 1. The van der Waals surface area contributed by atoms with E-state index >= 15 is 0 Å². The lowest BCUT2D eigenvalue weighted by Gasteiger charge is -2.00. The van der Waals surface area contributed by atoms with Gasteiger partial charge in [-0.2, -0.15) is 4.37 Å². The maximum atomic E-state index is 5.36. The highest BCUT2D eigenvalue weighted by Crippen LogP contribution is 2.23. The molecule has 1 aromatic carbocycles. The van der Waals surface area contributed by atoms with E-state index in [9.17, 15) is 0 Å². The molecular formula is C9H9NOS. The van der Waals surface area contributed by atoms with Crippen molar-refractivity contribution in [1.82, 2.24) is 4.37 Å². The molecular weight excluding hydrogens is 170 g/mol. The summed E-state index contributed by atoms with van der Waals surface area (Å²) in [7, 11) is 0. The highest BCUT2D eigenvalue weighted by Gasteiger charge is 1.97. The van der Waals surface area contributed by atoms with E-state index in [-0.39, 0.29) is 0 Å². The van der Waals surface area contributed by atoms with Crippen LogP contribution < -0.4 is 4.74 Å². The molecule has 0 saturated carbocycles. The number of rotatable bonds is 2. The molecule has 0 amide bonds. The third-order valence-electron chi connectivity index (χ3n) is 1.64. The topological polar surface area (TPSA) is 22.1 Å². The fraction of sp³-hybridized carbons (Fsp3) is 0.222. The van der Waals surface area contributed by atoms with Crippen molar-refractivity contribution in [3.05, 3.63) is 24.4 Å². The van der Waals surface area contributed by atoms with Gasteiger partial charge >= 0.3 is 0 Å². The van der Waals surface area contributed by atoms with E-state index in [1.807, 2.05) is 31.3 Å². The third-order valence-corrected chi connectivity index (χ3v) is 2.40. The van der Waals surface area contributed by atoms with Crippen molar-refractivity contribution in [2.24, 2.45) is 0 Å². The molecule has 0 bridgehead atoms. The van der Waals surface area contributed by atoms with Crippen molar-refractivity contribution in [1.29, 1.82) is 0 Å². The standard InChI is InChI=1S/C9H9NOS/c1-2-11-8-4-3-7-6-10-12-9(7)5-8/h3-6H,2H2,1H3. The van der Waals surface area contributed by atoms with Gasteiger partial charge in [0.15, 0.2) is 0 Å². The van der Waals surface area contributed by atoms with Gasteiger partial charge < -0.3 is 4.74 Å². The van der Waals surface area contributed by atoms with Crippen LogP contribution in [0, 0.1) is 0 Å². The van der Waals surface area contributed by atoms with Crippen LogP contribution in [0.15, 0.2) is 24.4 Å². The van der Waals surface area contributed by atoms with Gasteiger partial charge in [0.1, 0.15) is 5.75 Å². The van der Waals surface area contributed by atoms with E-state index in [2.05, 4.69) is 4.37 Å². The minimum Gasteiger partial charge on any atom is -0.494 e. The quantitative estimate of drug-likeness (QED) is 0.707. The van der Waals surface area contributed by atoms with Gasteiger partial charge in [-0.25, -0.2) is 0 Å². The zero-order chi connectivity index (χ0) is 8.39. The smallest absolute Gasteiger partial charge is 0.120 e. The van der Waals surface area contributed by atoms with Gasteiger partial charge in [0.05, 0.1) is 11.3 Å². The van der Waals surface area contributed by atoms with Gasteiger partial charge in [-0.3, -0.25) is 0 Å². The lowest BCUT2D eigenvalue weighted by atomic mass is 10.3. The zero-order valence-corrected chi connectivity index (χ0v) is 7.60. The van der Waals surface area contributed by atoms with E-state index in [0.29, 0.717) is 6.61 Å². The van der Waals surface area contributed by atoms with E-state index in [1.165, 1.54) is 21.6 Å². The van der Waals surface area contributed by atoms with E-state index in [4.69, 9.17) is 4.74 Å². The fourth-order valence-corrected chi connectivity index (χ4v) is 1.77. The van der Waals surface area contributed by atoms with Crippen LogP contribution in [-0.2, 0) is 0 Å². The van der Waals surface area contributed by atoms with E-state index in [0.717, 1.165) is 5.75 Å². The maximum absolute atomic E-state index is 5.36. The third kappa shape index (κ3) is 1.28. The first-order valence-electron chi connectivity index (χ1n) is 3.87. The second-order valence-electron chi connectivity index (χ2n) is 2.46. The summed E-state index contributed by atoms with van der Waals surface area (Å²) in [5, 5.41) is 1.18. The molecule has 0 saturated heterocycles. The van der Waals surface area contributed by atoms with Crippen LogP contribution in [0.1, 0.15) is 6.92 Å². The summed E-state index contributed by atoms with van der Waals surface area (Å²) in [6.45, 7) is 2.70. The molecule has 0 radical (unpaired) electrons. The Morgan fingerprint density at radius 1 is 1.50 bits per heavy atom. The van der Waals surface area contributed by atoms with Crippen molar-refractivity contribution in [2.45, 2.75) is 6.92 Å². The van der Waals surface area contributed by atoms with Gasteiger partial charge in [-0.05, 0) is 36.7 Å². The minimum absolute atomic E-state index is 0.713. The van der Waals surface area contributed by atoms with Crippen molar-refractivity contribution in [3.63, 3.8) is 0 Å². The summed E-state index contributed by atoms with van der Waals surface area (Å²) in [5.74, 6) is 0.925. The Morgan fingerprint density at radius 3 is 3.25 bits per heavy atom. The highest BCUT2D eigenvalue weighted by molar-refractivity contribution is 7.13. The summed E-state index contributed by atoms with van der Waals surface area (Å²) >= 11 is 1.50. The van der Waals surface area contributed by atoms with Crippen molar-refractivity contribution >= 4 is 21.6 Å². The Balaban J connectivity index is 2.46. The van der Waals surface area contributed by atoms with Gasteiger partial charge in [0, 0.05) is 11.6 Å². The number of hydrogen-bond acceptors (Lipinski definition) is 3. The average molecular weight is 179 g/mol. The summed E-state index contributed by atoms with van der Waals surface area (Å²) in [5.41, 5.74) is 0. The molecule has 0 aliphatic carbocycles. The average Bonchev–Trinajstić information content (AvgIpc) is 2.51. The van der Waals surface area contributed by atoms with Crippen molar-refractivity contribution in [2.75, 3.05) is 6.61 Å². The Kier molecular flexibility index (Phi) is 1.96. The molecule has 0 N–H and O–H groups in total.